The first-order valence-electron chi connectivity index (χ1n) is 14.3. The molecule has 2 aliphatic heterocycles. The molecule has 0 bridgehead atoms. The number of alkyl halides is 3. The van der Waals surface area contributed by atoms with Gasteiger partial charge in [0.1, 0.15) is 0 Å². The molecule has 1 aromatic heterocycles. The first kappa shape index (κ1) is 28.0. The van der Waals surface area contributed by atoms with Crippen LogP contribution in [0, 0.1) is 11.3 Å². The number of likely N-dealkylation sites (tertiary alicyclic amines) is 1. The van der Waals surface area contributed by atoms with E-state index < -0.39 is 11.7 Å². The third-order valence-corrected chi connectivity index (χ3v) is 8.42. The Bertz CT molecular complexity index is 1610. The molecule has 0 spiro atoms. The zero-order valence-electron chi connectivity index (χ0n) is 23.2. The van der Waals surface area contributed by atoms with E-state index >= 15 is 0 Å². The maximum Gasteiger partial charge on any atom is 0.416 e. The van der Waals surface area contributed by atoms with Crippen LogP contribution in [0.25, 0.3) is 10.9 Å². The van der Waals surface area contributed by atoms with Crippen LogP contribution in [0.1, 0.15) is 56.7 Å². The third-order valence-electron chi connectivity index (χ3n) is 8.42. The summed E-state index contributed by atoms with van der Waals surface area (Å²) in [5.41, 5.74) is 5.96. The Morgan fingerprint density at radius 2 is 1.60 bits per heavy atom. The number of carbonyl (C=O) groups is 1. The largest absolute Gasteiger partial charge is 0.416 e. The van der Waals surface area contributed by atoms with Gasteiger partial charge >= 0.3 is 6.18 Å². The molecule has 3 heterocycles. The number of nitrogens with one attached hydrogen (secondary N) is 2. The highest BCUT2D eigenvalue weighted by Gasteiger charge is 2.30. The summed E-state index contributed by atoms with van der Waals surface area (Å²) in [6.07, 6.45) is -1.77. The van der Waals surface area contributed by atoms with Crippen molar-refractivity contribution in [2.75, 3.05) is 19.6 Å². The van der Waals surface area contributed by atoms with Gasteiger partial charge in [0.2, 0.25) is 0 Å². The molecule has 4 aromatic rings. The molecule has 216 valence electrons. The van der Waals surface area contributed by atoms with Crippen LogP contribution in [0.5, 0.6) is 0 Å². The Morgan fingerprint density at radius 1 is 0.929 bits per heavy atom. The van der Waals surface area contributed by atoms with Gasteiger partial charge in [-0.1, -0.05) is 24.3 Å². The van der Waals surface area contributed by atoms with Crippen molar-refractivity contribution in [1.82, 2.24) is 20.1 Å². The minimum absolute atomic E-state index is 0.0742. The van der Waals surface area contributed by atoms with E-state index in [4.69, 9.17) is 5.26 Å². The molecule has 0 unspecified atom stereocenters. The van der Waals surface area contributed by atoms with E-state index in [0.717, 1.165) is 85.3 Å². The number of aromatic nitrogens is 1. The molecule has 2 aliphatic rings. The van der Waals surface area contributed by atoms with Crippen molar-refractivity contribution in [2.24, 2.45) is 0 Å². The van der Waals surface area contributed by atoms with E-state index in [1.165, 1.54) is 5.56 Å². The van der Waals surface area contributed by atoms with Crippen molar-refractivity contribution in [3.63, 3.8) is 0 Å². The first-order valence-corrected chi connectivity index (χ1v) is 14.3. The van der Waals surface area contributed by atoms with E-state index in [1.807, 2.05) is 42.5 Å². The number of nitrogens with zero attached hydrogens (tertiary/aromatic N) is 3. The van der Waals surface area contributed by atoms with Crippen molar-refractivity contribution in [3.8, 4) is 6.07 Å². The maximum absolute atomic E-state index is 13.2. The van der Waals surface area contributed by atoms with Gasteiger partial charge in [0.25, 0.3) is 5.91 Å². The normalized spacial score (nSPS) is 16.7. The summed E-state index contributed by atoms with van der Waals surface area (Å²) >= 11 is 0. The number of amides is 1. The summed E-state index contributed by atoms with van der Waals surface area (Å²) < 4.78 is 38.8. The topological polar surface area (TPSA) is 75.2 Å². The third kappa shape index (κ3) is 6.20. The predicted molar refractivity (Wildman–Crippen MR) is 154 cm³/mol. The lowest BCUT2D eigenvalue weighted by Gasteiger charge is -2.32. The standard InChI is InChI=1S/C33H32F3N5O/c34-33(35,36)26-8-5-24(6-9-26)20-41-16-13-31-29(21-41)28-17-25(7-10-30(28)39-31)32(42)38-27-11-14-40(15-12-27)19-23-3-1-22(18-37)2-4-23/h1-10,17,27,39H,11-16,19-21H2,(H,38,42). The lowest BCUT2D eigenvalue weighted by Crippen LogP contribution is -2.44. The maximum atomic E-state index is 13.2. The van der Waals surface area contributed by atoms with Gasteiger partial charge in [-0.2, -0.15) is 18.4 Å². The smallest absolute Gasteiger partial charge is 0.358 e. The fourth-order valence-corrected chi connectivity index (χ4v) is 6.05. The number of nitriles is 1. The van der Waals surface area contributed by atoms with E-state index in [1.54, 1.807) is 12.1 Å². The number of hydrogen-bond donors (Lipinski definition) is 2. The van der Waals surface area contributed by atoms with Gasteiger partial charge in [-0.25, -0.2) is 0 Å². The monoisotopic (exact) mass is 571 g/mol. The van der Waals surface area contributed by atoms with Gasteiger partial charge < -0.3 is 10.3 Å². The number of fused-ring (bicyclic) bond motifs is 3. The molecule has 0 radical (unpaired) electrons. The van der Waals surface area contributed by atoms with Crippen LogP contribution in [-0.2, 0) is 32.2 Å². The summed E-state index contributed by atoms with van der Waals surface area (Å²) in [5.74, 6) is -0.0742. The highest BCUT2D eigenvalue weighted by molar-refractivity contribution is 5.99. The molecule has 9 heteroatoms. The molecule has 1 fully saturated rings. The zero-order chi connectivity index (χ0) is 29.3. The van der Waals surface area contributed by atoms with Gasteiger partial charge in [-0.15, -0.1) is 0 Å². The van der Waals surface area contributed by atoms with Gasteiger partial charge in [0.15, 0.2) is 0 Å². The molecule has 1 amide bonds. The number of benzene rings is 3. The van der Waals surface area contributed by atoms with Crippen LogP contribution < -0.4 is 5.32 Å². The highest BCUT2D eigenvalue weighted by atomic mass is 19.4. The Hall–Kier alpha value is -4.13. The number of aromatic amines is 1. The molecule has 3 aromatic carbocycles. The molecular formula is C33H32F3N5O. The summed E-state index contributed by atoms with van der Waals surface area (Å²) in [6.45, 7) is 4.65. The molecule has 0 aliphatic carbocycles. The van der Waals surface area contributed by atoms with Gasteiger partial charge in [-0.05, 0) is 72.0 Å². The molecule has 0 atom stereocenters. The van der Waals surface area contributed by atoms with Crippen LogP contribution in [0.3, 0.4) is 0 Å². The molecule has 6 rings (SSSR count). The predicted octanol–water partition coefficient (Wildman–Crippen LogP) is 6.01. The SMILES string of the molecule is N#Cc1ccc(CN2CCC(NC(=O)c3ccc4[nH]c5c(c4c3)CN(Cc3ccc(C(F)(F)F)cc3)CC5)CC2)cc1. The minimum Gasteiger partial charge on any atom is -0.358 e. The average molecular weight is 572 g/mol. The Balaban J connectivity index is 1.06. The quantitative estimate of drug-likeness (QED) is 0.297. The number of halogens is 3. The van der Waals surface area contributed by atoms with E-state index in [9.17, 15) is 18.0 Å². The Kier molecular flexibility index (Phi) is 7.76. The summed E-state index contributed by atoms with van der Waals surface area (Å²) in [4.78, 5) is 21.3. The number of rotatable bonds is 6. The summed E-state index contributed by atoms with van der Waals surface area (Å²) in [7, 11) is 0. The van der Waals surface area contributed by atoms with Crippen molar-refractivity contribution >= 4 is 16.8 Å². The Labute approximate surface area is 242 Å². The number of hydrogen-bond acceptors (Lipinski definition) is 4. The number of carbonyl (C=O) groups excluding carboxylic acids is 1. The van der Waals surface area contributed by atoms with Crippen LogP contribution in [0.4, 0.5) is 13.2 Å². The van der Waals surface area contributed by atoms with Crippen molar-refractivity contribution in [2.45, 2.75) is 51.1 Å². The highest BCUT2D eigenvalue weighted by Crippen LogP contribution is 2.31. The lowest BCUT2D eigenvalue weighted by molar-refractivity contribution is -0.137. The van der Waals surface area contributed by atoms with E-state index in [-0.39, 0.29) is 11.9 Å². The van der Waals surface area contributed by atoms with E-state index in [0.29, 0.717) is 24.2 Å². The van der Waals surface area contributed by atoms with Crippen molar-refractivity contribution in [1.29, 1.82) is 5.26 Å². The second kappa shape index (κ2) is 11.6. The van der Waals surface area contributed by atoms with Gasteiger partial charge in [0.05, 0.1) is 17.2 Å². The molecule has 2 N–H and O–H groups in total. The number of piperidine rings is 1. The molecular weight excluding hydrogens is 539 g/mol. The molecule has 6 nitrogen and oxygen atoms in total. The fourth-order valence-electron chi connectivity index (χ4n) is 6.05. The van der Waals surface area contributed by atoms with Crippen LogP contribution >= 0.6 is 0 Å². The second-order valence-electron chi connectivity index (χ2n) is 11.3. The minimum atomic E-state index is -4.34. The van der Waals surface area contributed by atoms with Crippen LogP contribution in [-0.4, -0.2) is 46.4 Å². The second-order valence-corrected chi connectivity index (χ2v) is 11.3. The van der Waals surface area contributed by atoms with Crippen molar-refractivity contribution in [3.05, 3.63) is 106 Å². The molecule has 0 saturated carbocycles. The fraction of sp³-hybridized carbons (Fsp3) is 0.333. The first-order chi connectivity index (χ1) is 20.2. The number of H-pyrrole nitrogens is 1. The van der Waals surface area contributed by atoms with Crippen LogP contribution in [0.2, 0.25) is 0 Å². The summed E-state index contributed by atoms with van der Waals surface area (Å²) in [5, 5.41) is 13.2. The van der Waals surface area contributed by atoms with Crippen molar-refractivity contribution < 1.29 is 18.0 Å². The zero-order valence-corrected chi connectivity index (χ0v) is 23.2. The summed E-state index contributed by atoms with van der Waals surface area (Å²) in [6, 6.07) is 21.1. The molecule has 1 saturated heterocycles. The lowest BCUT2D eigenvalue weighted by atomic mass is 10.0. The van der Waals surface area contributed by atoms with E-state index in [2.05, 4.69) is 26.2 Å². The molecule has 42 heavy (non-hydrogen) atoms. The van der Waals surface area contributed by atoms with Crippen LogP contribution in [0.15, 0.2) is 66.7 Å². The van der Waals surface area contributed by atoms with Gasteiger partial charge in [-0.3, -0.25) is 14.6 Å². The van der Waals surface area contributed by atoms with Gasteiger partial charge in [0, 0.05) is 73.9 Å². The Morgan fingerprint density at radius 3 is 2.26 bits per heavy atom. The average Bonchev–Trinajstić information content (AvgIpc) is 3.35.